The van der Waals surface area contributed by atoms with Gasteiger partial charge in [0.15, 0.2) is 0 Å². The van der Waals surface area contributed by atoms with Crippen molar-refractivity contribution in [2.75, 3.05) is 12.3 Å². The third-order valence-electron chi connectivity index (χ3n) is 4.46. The number of rotatable bonds is 7. The number of anilines is 1. The summed E-state index contributed by atoms with van der Waals surface area (Å²) in [7, 11) is 2.04. The Labute approximate surface area is 147 Å². The van der Waals surface area contributed by atoms with Gasteiger partial charge in [-0.25, -0.2) is 4.98 Å². The predicted molar refractivity (Wildman–Crippen MR) is 101 cm³/mol. The summed E-state index contributed by atoms with van der Waals surface area (Å²) in [5, 5.41) is 2.98. The van der Waals surface area contributed by atoms with E-state index in [0.717, 1.165) is 41.0 Å². The number of nitrogen functional groups attached to an aromatic ring is 1. The van der Waals surface area contributed by atoms with Crippen LogP contribution in [0.4, 0.5) is 5.69 Å². The van der Waals surface area contributed by atoms with Crippen molar-refractivity contribution in [3.63, 3.8) is 0 Å². The lowest BCUT2D eigenvalue weighted by Gasteiger charge is -2.07. The van der Waals surface area contributed by atoms with Crippen LogP contribution in [0.3, 0.4) is 0 Å². The molecular formula is C20H24N4O. The molecule has 0 saturated heterocycles. The lowest BCUT2D eigenvalue weighted by atomic mass is 10.1. The number of nitrogens with two attached hydrogens (primary N) is 1. The second-order valence-electron chi connectivity index (χ2n) is 6.23. The van der Waals surface area contributed by atoms with E-state index in [0.29, 0.717) is 19.4 Å². The van der Waals surface area contributed by atoms with Crippen LogP contribution >= 0.6 is 0 Å². The van der Waals surface area contributed by atoms with Gasteiger partial charge in [0.25, 0.3) is 0 Å². The van der Waals surface area contributed by atoms with Crippen LogP contribution in [-0.4, -0.2) is 22.0 Å². The number of carbonyl (C=O) groups excluding carboxylic acids is 1. The van der Waals surface area contributed by atoms with Crippen molar-refractivity contribution in [3.8, 4) is 0 Å². The van der Waals surface area contributed by atoms with Gasteiger partial charge in [0.05, 0.1) is 11.0 Å². The first kappa shape index (κ1) is 17.0. The number of nitrogens with zero attached hydrogens (tertiary/aromatic N) is 2. The molecule has 3 N–H and O–H groups in total. The van der Waals surface area contributed by atoms with Crippen molar-refractivity contribution < 1.29 is 4.79 Å². The second kappa shape index (κ2) is 7.83. The zero-order chi connectivity index (χ0) is 17.6. The molecule has 0 aliphatic rings. The van der Waals surface area contributed by atoms with Crippen LogP contribution in [0, 0.1) is 0 Å². The van der Waals surface area contributed by atoms with E-state index in [-0.39, 0.29) is 5.91 Å². The molecule has 25 heavy (non-hydrogen) atoms. The number of aromatic nitrogens is 2. The first-order valence-electron chi connectivity index (χ1n) is 8.65. The molecule has 3 rings (SSSR count). The van der Waals surface area contributed by atoms with Crippen LogP contribution in [0.25, 0.3) is 11.0 Å². The van der Waals surface area contributed by atoms with Crippen molar-refractivity contribution in [1.29, 1.82) is 0 Å². The Bertz CT molecular complexity index is 869. The van der Waals surface area contributed by atoms with E-state index in [2.05, 4.69) is 20.9 Å². The highest BCUT2D eigenvalue weighted by Crippen LogP contribution is 2.15. The first-order chi connectivity index (χ1) is 12.1. The monoisotopic (exact) mass is 336 g/mol. The molecule has 0 saturated carbocycles. The predicted octanol–water partition coefficient (Wildman–Crippen LogP) is 2.84. The molecule has 0 aliphatic carbocycles. The number of nitrogens with one attached hydrogen (secondary N) is 1. The minimum Gasteiger partial charge on any atom is -0.399 e. The quantitative estimate of drug-likeness (QED) is 0.515. The lowest BCUT2D eigenvalue weighted by molar-refractivity contribution is -0.121. The Morgan fingerprint density at radius 3 is 2.68 bits per heavy atom. The number of para-hydroxylation sites is 3. The Hall–Kier alpha value is -2.82. The molecule has 1 amide bonds. The number of aryl methyl sites for hydroxylation is 3. The van der Waals surface area contributed by atoms with Crippen molar-refractivity contribution in [3.05, 3.63) is 59.9 Å². The second-order valence-corrected chi connectivity index (χ2v) is 6.23. The molecule has 5 nitrogen and oxygen atoms in total. The Balaban J connectivity index is 1.42. The van der Waals surface area contributed by atoms with Crippen molar-refractivity contribution in [1.82, 2.24) is 14.9 Å². The SMILES string of the molecule is Cn1c(CCCNC(=O)CCc2ccccc2N)nc2ccccc21. The molecule has 0 radical (unpaired) electrons. The smallest absolute Gasteiger partial charge is 0.220 e. The molecular weight excluding hydrogens is 312 g/mol. The average molecular weight is 336 g/mol. The number of hydrogen-bond donors (Lipinski definition) is 2. The highest BCUT2D eigenvalue weighted by Gasteiger charge is 2.07. The van der Waals surface area contributed by atoms with Crippen molar-refractivity contribution in [2.24, 2.45) is 7.05 Å². The third kappa shape index (κ3) is 4.18. The van der Waals surface area contributed by atoms with E-state index >= 15 is 0 Å². The van der Waals surface area contributed by atoms with Gasteiger partial charge < -0.3 is 15.6 Å². The van der Waals surface area contributed by atoms with Crippen LogP contribution < -0.4 is 11.1 Å². The van der Waals surface area contributed by atoms with E-state index in [9.17, 15) is 4.79 Å². The fourth-order valence-electron chi connectivity index (χ4n) is 2.99. The highest BCUT2D eigenvalue weighted by molar-refractivity contribution is 5.76. The van der Waals surface area contributed by atoms with Gasteiger partial charge in [-0.15, -0.1) is 0 Å². The number of fused-ring (bicyclic) bond motifs is 1. The number of hydrogen-bond acceptors (Lipinski definition) is 3. The Morgan fingerprint density at radius 2 is 1.88 bits per heavy atom. The Kier molecular flexibility index (Phi) is 5.33. The maximum absolute atomic E-state index is 12.0. The Morgan fingerprint density at radius 1 is 1.12 bits per heavy atom. The normalized spacial score (nSPS) is 10.9. The minimum atomic E-state index is 0.0632. The van der Waals surface area contributed by atoms with Gasteiger partial charge in [-0.3, -0.25) is 4.79 Å². The van der Waals surface area contributed by atoms with Crippen molar-refractivity contribution in [2.45, 2.75) is 25.7 Å². The number of carbonyl (C=O) groups is 1. The van der Waals surface area contributed by atoms with Crippen LogP contribution in [0.5, 0.6) is 0 Å². The van der Waals surface area contributed by atoms with E-state index in [1.165, 1.54) is 0 Å². The van der Waals surface area contributed by atoms with E-state index in [1.54, 1.807) is 0 Å². The van der Waals surface area contributed by atoms with Gasteiger partial charge in [0, 0.05) is 32.1 Å². The maximum atomic E-state index is 12.0. The van der Waals surface area contributed by atoms with Gasteiger partial charge in [-0.1, -0.05) is 30.3 Å². The minimum absolute atomic E-state index is 0.0632. The molecule has 0 atom stereocenters. The number of amides is 1. The summed E-state index contributed by atoms with van der Waals surface area (Å²) in [4.78, 5) is 16.6. The summed E-state index contributed by atoms with van der Waals surface area (Å²) in [5.74, 6) is 1.11. The van der Waals surface area contributed by atoms with Crippen LogP contribution in [-0.2, 0) is 24.7 Å². The highest BCUT2D eigenvalue weighted by atomic mass is 16.1. The molecule has 1 aromatic heterocycles. The molecule has 130 valence electrons. The summed E-state index contributed by atoms with van der Waals surface area (Å²) >= 11 is 0. The molecule has 0 spiro atoms. The molecule has 0 fully saturated rings. The summed E-state index contributed by atoms with van der Waals surface area (Å²) in [5.41, 5.74) is 9.83. The molecule has 0 aliphatic heterocycles. The third-order valence-corrected chi connectivity index (χ3v) is 4.46. The van der Waals surface area contributed by atoms with Gasteiger partial charge in [-0.2, -0.15) is 0 Å². The maximum Gasteiger partial charge on any atom is 0.220 e. The largest absolute Gasteiger partial charge is 0.399 e. The zero-order valence-corrected chi connectivity index (χ0v) is 14.5. The lowest BCUT2D eigenvalue weighted by Crippen LogP contribution is -2.25. The van der Waals surface area contributed by atoms with E-state index in [4.69, 9.17) is 5.73 Å². The van der Waals surface area contributed by atoms with Crippen molar-refractivity contribution >= 4 is 22.6 Å². The molecule has 5 heteroatoms. The fraction of sp³-hybridized carbons (Fsp3) is 0.300. The number of imidazole rings is 1. The molecule has 0 unspecified atom stereocenters. The summed E-state index contributed by atoms with van der Waals surface area (Å²) in [6, 6.07) is 15.8. The van der Waals surface area contributed by atoms with E-state index < -0.39 is 0 Å². The molecule has 3 aromatic rings. The van der Waals surface area contributed by atoms with Gasteiger partial charge in [-0.05, 0) is 36.6 Å². The van der Waals surface area contributed by atoms with Gasteiger partial charge in [0.1, 0.15) is 5.82 Å². The summed E-state index contributed by atoms with van der Waals surface area (Å²) < 4.78 is 2.12. The standard InChI is InChI=1S/C20H24N4O/c1-24-18-10-5-4-9-17(18)23-19(24)11-6-14-22-20(25)13-12-15-7-2-3-8-16(15)21/h2-5,7-10H,6,11-14,21H2,1H3,(H,22,25). The number of benzene rings is 2. The first-order valence-corrected chi connectivity index (χ1v) is 8.65. The molecule has 1 heterocycles. The topological polar surface area (TPSA) is 72.9 Å². The molecule has 2 aromatic carbocycles. The van der Waals surface area contributed by atoms with Crippen LogP contribution in [0.1, 0.15) is 24.2 Å². The zero-order valence-electron chi connectivity index (χ0n) is 14.5. The fourth-order valence-corrected chi connectivity index (χ4v) is 2.99. The van der Waals surface area contributed by atoms with Crippen LogP contribution in [0.2, 0.25) is 0 Å². The molecule has 0 bridgehead atoms. The van der Waals surface area contributed by atoms with Crippen LogP contribution in [0.15, 0.2) is 48.5 Å². The summed E-state index contributed by atoms with van der Waals surface area (Å²) in [6.45, 7) is 0.659. The van der Waals surface area contributed by atoms with E-state index in [1.807, 2.05) is 49.5 Å². The average Bonchev–Trinajstić information content (AvgIpc) is 2.94. The van der Waals surface area contributed by atoms with Gasteiger partial charge in [0.2, 0.25) is 5.91 Å². The summed E-state index contributed by atoms with van der Waals surface area (Å²) in [6.07, 6.45) is 2.84. The van der Waals surface area contributed by atoms with Gasteiger partial charge >= 0.3 is 0 Å².